The van der Waals surface area contributed by atoms with E-state index in [4.69, 9.17) is 4.74 Å². The molecule has 1 aliphatic rings. The van der Waals surface area contributed by atoms with Gasteiger partial charge in [0.05, 0.1) is 12.5 Å². The normalized spacial score (nSPS) is 17.5. The van der Waals surface area contributed by atoms with Gasteiger partial charge < -0.3 is 14.6 Å². The number of carbonyl (C=O) groups excluding carboxylic acids is 2. The van der Waals surface area contributed by atoms with Crippen molar-refractivity contribution in [2.75, 3.05) is 6.54 Å². The molecule has 0 spiro atoms. The largest absolute Gasteiger partial charge is 0.445 e. The van der Waals surface area contributed by atoms with Crippen LogP contribution in [0.4, 0.5) is 4.79 Å². The Balaban J connectivity index is 1.90. The molecule has 0 bridgehead atoms. The van der Waals surface area contributed by atoms with E-state index in [1.807, 2.05) is 44.2 Å². The van der Waals surface area contributed by atoms with Gasteiger partial charge in [-0.2, -0.15) is 5.26 Å². The lowest BCUT2D eigenvalue weighted by Crippen LogP contribution is -2.69. The molecule has 0 aliphatic carbocycles. The van der Waals surface area contributed by atoms with Crippen molar-refractivity contribution < 1.29 is 14.3 Å². The molecule has 1 unspecified atom stereocenters. The van der Waals surface area contributed by atoms with Crippen molar-refractivity contribution in [3.63, 3.8) is 0 Å². The minimum Gasteiger partial charge on any atom is -0.445 e. The molecule has 1 aromatic carbocycles. The molecule has 7 heteroatoms. The minimum atomic E-state index is -2.26. The SMILES string of the molecule is CC(C)(CNC(=O)OCc1ccccc1)[Si](C)(C)N1C(=O)CC1C#N. The fourth-order valence-electron chi connectivity index (χ4n) is 2.83. The molecular formula is C18H25N3O3Si. The van der Waals surface area contributed by atoms with Crippen molar-refractivity contribution in [3.05, 3.63) is 35.9 Å². The van der Waals surface area contributed by atoms with Gasteiger partial charge in [-0.1, -0.05) is 57.3 Å². The van der Waals surface area contributed by atoms with E-state index in [2.05, 4.69) is 24.5 Å². The van der Waals surface area contributed by atoms with E-state index in [9.17, 15) is 14.9 Å². The number of rotatable bonds is 6. The molecule has 1 N–H and O–H groups in total. The molecule has 1 aromatic rings. The Hall–Kier alpha value is -2.33. The zero-order valence-electron chi connectivity index (χ0n) is 15.2. The van der Waals surface area contributed by atoms with Crippen LogP contribution >= 0.6 is 0 Å². The molecule has 2 amide bonds. The number of nitrogens with one attached hydrogen (secondary N) is 1. The van der Waals surface area contributed by atoms with Gasteiger partial charge in [0.1, 0.15) is 12.6 Å². The highest BCUT2D eigenvalue weighted by molar-refractivity contribution is 6.80. The smallest absolute Gasteiger partial charge is 0.407 e. The van der Waals surface area contributed by atoms with Crippen LogP contribution in [-0.4, -0.2) is 37.4 Å². The van der Waals surface area contributed by atoms with Gasteiger partial charge in [0, 0.05) is 6.54 Å². The first-order valence-corrected chi connectivity index (χ1v) is 11.3. The molecule has 1 heterocycles. The number of ether oxygens (including phenoxy) is 1. The molecule has 2 rings (SSSR count). The highest BCUT2D eigenvalue weighted by Crippen LogP contribution is 2.42. The van der Waals surface area contributed by atoms with Crippen molar-refractivity contribution >= 4 is 20.2 Å². The van der Waals surface area contributed by atoms with E-state index in [1.165, 1.54) is 0 Å². The second-order valence-corrected chi connectivity index (χ2v) is 12.4. The number of alkyl carbamates (subject to hydrolysis) is 1. The summed E-state index contributed by atoms with van der Waals surface area (Å²) in [6.45, 7) is 8.78. The lowest BCUT2D eigenvalue weighted by atomic mass is 10.1. The van der Waals surface area contributed by atoms with E-state index in [0.29, 0.717) is 13.0 Å². The Morgan fingerprint density at radius 2 is 2.04 bits per heavy atom. The molecule has 1 fully saturated rings. The highest BCUT2D eigenvalue weighted by Gasteiger charge is 2.53. The van der Waals surface area contributed by atoms with Gasteiger partial charge in [-0.15, -0.1) is 0 Å². The number of benzene rings is 1. The monoisotopic (exact) mass is 359 g/mol. The van der Waals surface area contributed by atoms with Crippen molar-refractivity contribution in [1.29, 1.82) is 5.26 Å². The topological polar surface area (TPSA) is 82.4 Å². The van der Waals surface area contributed by atoms with E-state index in [1.54, 1.807) is 4.57 Å². The molecule has 0 aromatic heterocycles. The van der Waals surface area contributed by atoms with Crippen LogP contribution in [0.25, 0.3) is 0 Å². The Bertz CT molecular complexity index is 683. The van der Waals surface area contributed by atoms with Crippen LogP contribution < -0.4 is 5.32 Å². The quantitative estimate of drug-likeness (QED) is 0.625. The second-order valence-electron chi connectivity index (χ2n) is 7.47. The molecule has 1 atom stereocenters. The van der Waals surface area contributed by atoms with Crippen molar-refractivity contribution in [2.45, 2.75) is 51.0 Å². The molecule has 25 heavy (non-hydrogen) atoms. The lowest BCUT2D eigenvalue weighted by molar-refractivity contribution is -0.136. The molecule has 1 aliphatic heterocycles. The highest BCUT2D eigenvalue weighted by atomic mass is 28.3. The van der Waals surface area contributed by atoms with Crippen LogP contribution in [0, 0.1) is 11.3 Å². The van der Waals surface area contributed by atoms with Crippen LogP contribution in [0.2, 0.25) is 18.1 Å². The minimum absolute atomic E-state index is 0.0305. The molecule has 134 valence electrons. The molecule has 0 saturated carbocycles. The summed E-state index contributed by atoms with van der Waals surface area (Å²) in [6.07, 6.45) is -0.177. The average molecular weight is 360 g/mol. The summed E-state index contributed by atoms with van der Waals surface area (Å²) in [5.74, 6) is 0.0305. The molecule has 0 radical (unpaired) electrons. The fraction of sp³-hybridized carbons (Fsp3) is 0.500. The standard InChI is InChI=1S/C18H25N3O3Si/c1-18(2,25(3,4)21-15(11-19)10-16(21)22)13-20-17(23)24-12-14-8-6-5-7-9-14/h5-9,15H,10,12-13H2,1-4H3,(H,20,23). The van der Waals surface area contributed by atoms with Crippen molar-refractivity contribution in [3.8, 4) is 6.07 Å². The number of hydrogen-bond donors (Lipinski definition) is 1. The number of hydrogen-bond acceptors (Lipinski definition) is 4. The third kappa shape index (κ3) is 4.02. The summed E-state index contributed by atoms with van der Waals surface area (Å²) in [4.78, 5) is 24.0. The van der Waals surface area contributed by atoms with Gasteiger partial charge in [0.25, 0.3) is 0 Å². The first-order valence-electron chi connectivity index (χ1n) is 8.35. The maximum absolute atomic E-state index is 12.0. The second kappa shape index (κ2) is 7.27. The van der Waals surface area contributed by atoms with Crippen LogP contribution in [0.15, 0.2) is 30.3 Å². The van der Waals surface area contributed by atoms with E-state index >= 15 is 0 Å². The summed E-state index contributed by atoms with van der Waals surface area (Å²) in [5.41, 5.74) is 0.926. The van der Waals surface area contributed by atoms with E-state index in [0.717, 1.165) is 5.56 Å². The maximum Gasteiger partial charge on any atom is 0.407 e. The van der Waals surface area contributed by atoms with Gasteiger partial charge in [-0.3, -0.25) is 4.79 Å². The first-order chi connectivity index (χ1) is 11.7. The van der Waals surface area contributed by atoms with Gasteiger partial charge in [0.15, 0.2) is 8.24 Å². The Morgan fingerprint density at radius 1 is 1.40 bits per heavy atom. The van der Waals surface area contributed by atoms with Gasteiger partial charge >= 0.3 is 6.09 Å². The van der Waals surface area contributed by atoms with Crippen LogP contribution in [-0.2, 0) is 16.1 Å². The molecule has 1 saturated heterocycles. The van der Waals surface area contributed by atoms with E-state index < -0.39 is 14.3 Å². The number of amides is 2. The average Bonchev–Trinajstić information content (AvgIpc) is 2.56. The predicted molar refractivity (Wildman–Crippen MR) is 97.0 cm³/mol. The number of carbonyl (C=O) groups is 2. The van der Waals surface area contributed by atoms with Crippen molar-refractivity contribution in [1.82, 2.24) is 9.88 Å². The fourth-order valence-corrected chi connectivity index (χ4v) is 5.65. The Labute approximate surface area is 149 Å². The predicted octanol–water partition coefficient (Wildman–Crippen LogP) is 3.02. The number of β-lactam (4-membered cyclic amide) rings is 1. The van der Waals surface area contributed by atoms with Crippen LogP contribution in [0.5, 0.6) is 0 Å². The van der Waals surface area contributed by atoms with Crippen LogP contribution in [0.1, 0.15) is 25.8 Å². The molecular weight excluding hydrogens is 334 g/mol. The van der Waals surface area contributed by atoms with Gasteiger partial charge in [-0.05, 0) is 10.6 Å². The zero-order valence-corrected chi connectivity index (χ0v) is 16.2. The van der Waals surface area contributed by atoms with Gasteiger partial charge in [-0.25, -0.2) is 4.79 Å². The van der Waals surface area contributed by atoms with Gasteiger partial charge in [0.2, 0.25) is 5.91 Å². The Morgan fingerprint density at radius 3 is 2.60 bits per heavy atom. The third-order valence-electron chi connectivity index (χ3n) is 5.24. The number of nitrogens with zero attached hydrogens (tertiary/aromatic N) is 2. The van der Waals surface area contributed by atoms with Crippen molar-refractivity contribution in [2.24, 2.45) is 0 Å². The summed E-state index contributed by atoms with van der Waals surface area (Å²) < 4.78 is 6.99. The zero-order chi connectivity index (χ0) is 18.7. The Kier molecular flexibility index (Phi) is 5.53. The molecule has 6 nitrogen and oxygen atoms in total. The summed E-state index contributed by atoms with van der Waals surface area (Å²) in [6, 6.07) is 11.3. The summed E-state index contributed by atoms with van der Waals surface area (Å²) in [5, 5.41) is 11.7. The summed E-state index contributed by atoms with van der Waals surface area (Å²) in [7, 11) is -2.26. The maximum atomic E-state index is 12.0. The first kappa shape index (κ1) is 19.0. The lowest BCUT2D eigenvalue weighted by Gasteiger charge is -2.53. The number of nitriles is 1. The third-order valence-corrected chi connectivity index (χ3v) is 10.5. The van der Waals surface area contributed by atoms with Crippen LogP contribution in [0.3, 0.4) is 0 Å². The van der Waals surface area contributed by atoms with E-state index in [-0.39, 0.29) is 23.6 Å². The summed E-state index contributed by atoms with van der Waals surface area (Å²) >= 11 is 0.